The zero-order chi connectivity index (χ0) is 18.3. The highest BCUT2D eigenvalue weighted by Crippen LogP contribution is 2.20. The Labute approximate surface area is 147 Å². The SMILES string of the molecule is CC(C)c1cn(Cc2ccc(F)c(Cl)c2)c(=O)c2c(O)c(=O)ccn12. The molecule has 2 heterocycles. The van der Waals surface area contributed by atoms with Crippen molar-refractivity contribution in [1.29, 1.82) is 0 Å². The van der Waals surface area contributed by atoms with Gasteiger partial charge in [-0.1, -0.05) is 31.5 Å². The van der Waals surface area contributed by atoms with Crippen LogP contribution in [0.2, 0.25) is 5.02 Å². The van der Waals surface area contributed by atoms with E-state index in [2.05, 4.69) is 0 Å². The Morgan fingerprint density at radius 2 is 1.96 bits per heavy atom. The van der Waals surface area contributed by atoms with E-state index in [0.717, 1.165) is 5.69 Å². The number of hydrogen-bond donors (Lipinski definition) is 1. The molecule has 3 rings (SSSR count). The molecule has 0 aliphatic rings. The lowest BCUT2D eigenvalue weighted by molar-refractivity contribution is 0.471. The Morgan fingerprint density at radius 3 is 2.60 bits per heavy atom. The standard InChI is InChI=1S/C18H16ClFN2O3/c1-10(2)14-9-21(8-11-3-4-13(20)12(19)7-11)18(25)16-17(24)15(23)5-6-22(14)16/h3-7,9-10,24H,8H2,1-2H3. The third-order valence-corrected chi connectivity index (χ3v) is 4.32. The zero-order valence-corrected chi connectivity index (χ0v) is 14.4. The highest BCUT2D eigenvalue weighted by molar-refractivity contribution is 6.30. The van der Waals surface area contributed by atoms with Crippen LogP contribution in [0, 0.1) is 5.82 Å². The Hall–Kier alpha value is -2.60. The van der Waals surface area contributed by atoms with Gasteiger partial charge in [-0.25, -0.2) is 4.39 Å². The summed E-state index contributed by atoms with van der Waals surface area (Å²) in [5.74, 6) is -1.09. The molecule has 0 saturated heterocycles. The van der Waals surface area contributed by atoms with E-state index in [0.29, 0.717) is 5.56 Å². The second-order valence-electron chi connectivity index (χ2n) is 6.14. The van der Waals surface area contributed by atoms with Crippen LogP contribution in [0.5, 0.6) is 5.75 Å². The number of pyridine rings is 1. The molecular formula is C18H16ClFN2O3. The topological polar surface area (TPSA) is 63.7 Å². The molecule has 0 bridgehead atoms. The van der Waals surface area contributed by atoms with Crippen molar-refractivity contribution in [1.82, 2.24) is 8.97 Å². The fourth-order valence-corrected chi connectivity index (χ4v) is 2.95. The summed E-state index contributed by atoms with van der Waals surface area (Å²) in [7, 11) is 0. The molecule has 2 aromatic heterocycles. The molecule has 0 aliphatic heterocycles. The van der Waals surface area contributed by atoms with E-state index in [1.54, 1.807) is 6.20 Å². The van der Waals surface area contributed by atoms with Crippen molar-refractivity contribution < 1.29 is 9.50 Å². The average Bonchev–Trinajstić information content (AvgIpc) is 2.56. The number of fused-ring (bicyclic) bond motifs is 1. The Kier molecular flexibility index (Phi) is 4.39. The van der Waals surface area contributed by atoms with Gasteiger partial charge in [-0.15, -0.1) is 0 Å². The summed E-state index contributed by atoms with van der Waals surface area (Å²) >= 11 is 5.79. The summed E-state index contributed by atoms with van der Waals surface area (Å²) < 4.78 is 16.2. The molecule has 0 radical (unpaired) electrons. The van der Waals surface area contributed by atoms with Gasteiger partial charge in [0.2, 0.25) is 5.43 Å². The molecule has 5 nitrogen and oxygen atoms in total. The fraction of sp³-hybridized carbons (Fsp3) is 0.222. The molecule has 0 unspecified atom stereocenters. The van der Waals surface area contributed by atoms with Gasteiger partial charge in [-0.2, -0.15) is 0 Å². The molecule has 0 spiro atoms. The number of aromatic nitrogens is 2. The predicted molar refractivity (Wildman–Crippen MR) is 94.2 cm³/mol. The van der Waals surface area contributed by atoms with Gasteiger partial charge in [-0.05, 0) is 23.6 Å². The third-order valence-electron chi connectivity index (χ3n) is 4.03. The fourth-order valence-electron chi connectivity index (χ4n) is 2.74. The molecule has 3 aromatic rings. The van der Waals surface area contributed by atoms with Crippen LogP contribution in [-0.4, -0.2) is 14.1 Å². The summed E-state index contributed by atoms with van der Waals surface area (Å²) in [4.78, 5) is 24.5. The number of halogens is 2. The van der Waals surface area contributed by atoms with Crippen LogP contribution in [-0.2, 0) is 6.54 Å². The van der Waals surface area contributed by atoms with Crippen LogP contribution >= 0.6 is 11.6 Å². The number of aromatic hydroxyl groups is 1. The first-order valence-corrected chi connectivity index (χ1v) is 8.09. The minimum absolute atomic E-state index is 0.0329. The van der Waals surface area contributed by atoms with E-state index < -0.39 is 22.6 Å². The molecule has 0 amide bonds. The first-order chi connectivity index (χ1) is 11.8. The lowest BCUT2D eigenvalue weighted by Crippen LogP contribution is -2.26. The summed E-state index contributed by atoms with van der Waals surface area (Å²) in [5, 5.41) is 10.1. The summed E-state index contributed by atoms with van der Waals surface area (Å²) in [6, 6.07) is 5.43. The molecule has 0 aliphatic carbocycles. The van der Waals surface area contributed by atoms with Crippen molar-refractivity contribution >= 4 is 17.1 Å². The number of nitrogens with zero attached hydrogens (tertiary/aromatic N) is 2. The maximum atomic E-state index is 13.3. The number of hydrogen-bond acceptors (Lipinski definition) is 3. The van der Waals surface area contributed by atoms with E-state index in [1.165, 1.54) is 39.4 Å². The van der Waals surface area contributed by atoms with Gasteiger partial charge in [0.25, 0.3) is 5.56 Å². The first-order valence-electron chi connectivity index (χ1n) is 7.71. The predicted octanol–water partition coefficient (Wildman–Crippen LogP) is 3.13. The minimum Gasteiger partial charge on any atom is -0.503 e. The van der Waals surface area contributed by atoms with Crippen molar-refractivity contribution in [2.45, 2.75) is 26.3 Å². The molecule has 0 atom stereocenters. The summed E-state index contributed by atoms with van der Waals surface area (Å²) in [6.07, 6.45) is 3.15. The van der Waals surface area contributed by atoms with Crippen molar-refractivity contribution in [3.8, 4) is 5.75 Å². The van der Waals surface area contributed by atoms with Crippen LogP contribution in [0.4, 0.5) is 4.39 Å². The Bertz CT molecular complexity index is 1090. The monoisotopic (exact) mass is 362 g/mol. The van der Waals surface area contributed by atoms with Crippen LogP contribution in [0.15, 0.2) is 46.2 Å². The van der Waals surface area contributed by atoms with Gasteiger partial charge in [0.05, 0.1) is 11.6 Å². The third kappa shape index (κ3) is 3.05. The smallest absolute Gasteiger partial charge is 0.279 e. The molecule has 0 fully saturated rings. The normalized spacial score (nSPS) is 11.4. The maximum Gasteiger partial charge on any atom is 0.279 e. The van der Waals surface area contributed by atoms with Crippen molar-refractivity contribution in [3.05, 3.63) is 79.3 Å². The van der Waals surface area contributed by atoms with Crippen LogP contribution in [0.3, 0.4) is 0 Å². The van der Waals surface area contributed by atoms with E-state index in [4.69, 9.17) is 11.6 Å². The van der Waals surface area contributed by atoms with Gasteiger partial charge in [0.15, 0.2) is 11.3 Å². The Balaban J connectivity index is 2.26. The van der Waals surface area contributed by atoms with E-state index >= 15 is 0 Å². The summed E-state index contributed by atoms with van der Waals surface area (Å²) in [6.45, 7) is 4.01. The highest BCUT2D eigenvalue weighted by atomic mass is 35.5. The zero-order valence-electron chi connectivity index (χ0n) is 13.7. The number of benzene rings is 1. The quantitative estimate of drug-likeness (QED) is 0.778. The van der Waals surface area contributed by atoms with Crippen molar-refractivity contribution in [2.75, 3.05) is 0 Å². The largest absolute Gasteiger partial charge is 0.503 e. The van der Waals surface area contributed by atoms with Gasteiger partial charge < -0.3 is 14.1 Å². The molecule has 0 saturated carbocycles. The minimum atomic E-state index is -0.616. The lowest BCUT2D eigenvalue weighted by atomic mass is 10.1. The lowest BCUT2D eigenvalue weighted by Gasteiger charge is -2.16. The van der Waals surface area contributed by atoms with Crippen LogP contribution in [0.1, 0.15) is 31.0 Å². The molecule has 1 N–H and O–H groups in total. The summed E-state index contributed by atoms with van der Waals surface area (Å²) in [5.41, 5.74) is 0.171. The van der Waals surface area contributed by atoms with E-state index in [-0.39, 0.29) is 23.0 Å². The number of rotatable bonds is 3. The first kappa shape index (κ1) is 17.2. The van der Waals surface area contributed by atoms with Crippen LogP contribution in [0.25, 0.3) is 5.52 Å². The Morgan fingerprint density at radius 1 is 1.24 bits per heavy atom. The maximum absolute atomic E-state index is 13.3. The molecule has 1 aromatic carbocycles. The van der Waals surface area contributed by atoms with Gasteiger partial charge in [0, 0.05) is 24.2 Å². The molecule has 7 heteroatoms. The second-order valence-corrected chi connectivity index (χ2v) is 6.54. The van der Waals surface area contributed by atoms with Gasteiger partial charge in [-0.3, -0.25) is 9.59 Å². The molecule has 25 heavy (non-hydrogen) atoms. The van der Waals surface area contributed by atoms with Crippen LogP contribution < -0.4 is 11.0 Å². The molecule has 130 valence electrons. The van der Waals surface area contributed by atoms with Crippen molar-refractivity contribution in [3.63, 3.8) is 0 Å². The van der Waals surface area contributed by atoms with Gasteiger partial charge in [0.1, 0.15) is 5.82 Å². The second kappa shape index (κ2) is 6.37. The van der Waals surface area contributed by atoms with E-state index in [1.807, 2.05) is 13.8 Å². The van der Waals surface area contributed by atoms with Gasteiger partial charge >= 0.3 is 0 Å². The average molecular weight is 363 g/mol. The van der Waals surface area contributed by atoms with E-state index in [9.17, 15) is 19.1 Å². The highest BCUT2D eigenvalue weighted by Gasteiger charge is 2.16. The van der Waals surface area contributed by atoms with Crippen molar-refractivity contribution in [2.24, 2.45) is 0 Å². The molecular weight excluding hydrogens is 347 g/mol.